The van der Waals surface area contributed by atoms with Gasteiger partial charge in [-0.05, 0) is 35.4 Å². The molecule has 246 valence electrons. The number of carbonyl (C=O) groups is 4. The number of amides is 4. The van der Waals surface area contributed by atoms with Crippen LogP contribution >= 0.6 is 0 Å². The fourth-order valence-corrected chi connectivity index (χ4v) is 4.33. The zero-order valence-corrected chi connectivity index (χ0v) is 26.5. The molecule has 14 nitrogen and oxygen atoms in total. The molecule has 4 amide bonds. The number of hydrogen-bond donors (Lipinski definition) is 4. The Morgan fingerprint density at radius 3 is 1.15 bits per heavy atom. The van der Waals surface area contributed by atoms with Crippen LogP contribution in [0.5, 0.6) is 34.5 Å². The summed E-state index contributed by atoms with van der Waals surface area (Å²) in [6.07, 6.45) is 0. The average molecular weight is 639 g/mol. The lowest BCUT2D eigenvalue weighted by atomic mass is 10.1. The van der Waals surface area contributed by atoms with Gasteiger partial charge in [0, 0.05) is 24.2 Å². The van der Waals surface area contributed by atoms with Gasteiger partial charge in [-0.15, -0.1) is 0 Å². The highest BCUT2D eigenvalue weighted by atomic mass is 16.5. The molecular formula is C32H38N4O10. The van der Waals surface area contributed by atoms with Gasteiger partial charge in [0.25, 0.3) is 11.8 Å². The zero-order chi connectivity index (χ0) is 33.6. The molecule has 0 saturated heterocycles. The summed E-state index contributed by atoms with van der Waals surface area (Å²) in [6.45, 7) is -0.114. The van der Waals surface area contributed by atoms with Crippen LogP contribution in [0.3, 0.4) is 0 Å². The first-order chi connectivity index (χ1) is 22.2. The van der Waals surface area contributed by atoms with Gasteiger partial charge in [0.1, 0.15) is 0 Å². The molecule has 0 aromatic heterocycles. The molecule has 14 heteroatoms. The van der Waals surface area contributed by atoms with Crippen LogP contribution in [0.2, 0.25) is 0 Å². The molecule has 0 bridgehead atoms. The Labute approximate surface area is 266 Å². The Kier molecular flexibility index (Phi) is 12.9. The molecule has 0 aliphatic rings. The van der Waals surface area contributed by atoms with E-state index in [-0.39, 0.29) is 37.3 Å². The van der Waals surface area contributed by atoms with Gasteiger partial charge in [-0.1, -0.05) is 24.3 Å². The molecule has 0 atom stereocenters. The van der Waals surface area contributed by atoms with Crippen LogP contribution in [0.1, 0.15) is 31.8 Å². The lowest BCUT2D eigenvalue weighted by Gasteiger charge is -2.14. The minimum absolute atomic E-state index is 0.200. The van der Waals surface area contributed by atoms with Gasteiger partial charge in [-0.25, -0.2) is 0 Å². The number of carbonyl (C=O) groups excluding carboxylic acids is 4. The summed E-state index contributed by atoms with van der Waals surface area (Å²) in [6, 6.07) is 13.2. The third-order valence-electron chi connectivity index (χ3n) is 6.64. The van der Waals surface area contributed by atoms with Crippen LogP contribution in [-0.2, 0) is 22.7 Å². The van der Waals surface area contributed by atoms with Crippen molar-refractivity contribution in [2.24, 2.45) is 0 Å². The van der Waals surface area contributed by atoms with Crippen molar-refractivity contribution in [2.75, 3.05) is 55.7 Å². The van der Waals surface area contributed by atoms with E-state index in [1.165, 1.54) is 66.9 Å². The molecule has 46 heavy (non-hydrogen) atoms. The number of ether oxygens (including phenoxy) is 6. The Bertz CT molecular complexity index is 1400. The second kappa shape index (κ2) is 17.0. The normalized spacial score (nSPS) is 10.2. The van der Waals surface area contributed by atoms with Gasteiger partial charge >= 0.3 is 0 Å². The summed E-state index contributed by atoms with van der Waals surface area (Å²) in [5.41, 5.74) is 2.04. The maximum atomic E-state index is 12.6. The largest absolute Gasteiger partial charge is 0.493 e. The number of benzene rings is 3. The molecular weight excluding hydrogens is 600 g/mol. The second-order valence-electron chi connectivity index (χ2n) is 9.57. The van der Waals surface area contributed by atoms with Crippen molar-refractivity contribution in [1.82, 2.24) is 21.3 Å². The first-order valence-electron chi connectivity index (χ1n) is 13.9. The fourth-order valence-electron chi connectivity index (χ4n) is 4.33. The maximum absolute atomic E-state index is 12.6. The molecule has 3 aromatic rings. The van der Waals surface area contributed by atoms with Crippen LogP contribution < -0.4 is 49.7 Å². The van der Waals surface area contributed by atoms with E-state index in [1.54, 1.807) is 6.07 Å². The Morgan fingerprint density at radius 1 is 0.500 bits per heavy atom. The Hall–Kier alpha value is -5.66. The average Bonchev–Trinajstić information content (AvgIpc) is 3.09. The van der Waals surface area contributed by atoms with E-state index in [9.17, 15) is 19.2 Å². The van der Waals surface area contributed by atoms with E-state index in [1.807, 2.05) is 18.2 Å². The van der Waals surface area contributed by atoms with Crippen molar-refractivity contribution in [3.63, 3.8) is 0 Å². The van der Waals surface area contributed by atoms with Gasteiger partial charge in [0.2, 0.25) is 23.3 Å². The number of hydrogen-bond acceptors (Lipinski definition) is 10. The van der Waals surface area contributed by atoms with Crippen LogP contribution in [0.4, 0.5) is 0 Å². The molecule has 3 aromatic carbocycles. The molecule has 0 radical (unpaired) electrons. The summed E-state index contributed by atoms with van der Waals surface area (Å²) in [7, 11) is 8.68. The first kappa shape index (κ1) is 34.8. The number of rotatable bonds is 16. The highest BCUT2D eigenvalue weighted by Gasteiger charge is 2.19. The number of nitrogens with one attached hydrogen (secondary N) is 4. The fraction of sp³-hybridized carbons (Fsp3) is 0.312. The van der Waals surface area contributed by atoms with Crippen molar-refractivity contribution in [1.29, 1.82) is 0 Å². The smallest absolute Gasteiger partial charge is 0.251 e. The monoisotopic (exact) mass is 638 g/mol. The molecule has 4 N–H and O–H groups in total. The van der Waals surface area contributed by atoms with Gasteiger partial charge in [0.05, 0.1) is 55.7 Å². The third-order valence-corrected chi connectivity index (χ3v) is 6.64. The van der Waals surface area contributed by atoms with Crippen LogP contribution in [0.25, 0.3) is 0 Å². The molecule has 0 heterocycles. The van der Waals surface area contributed by atoms with Crippen molar-refractivity contribution in [3.8, 4) is 34.5 Å². The van der Waals surface area contributed by atoms with E-state index in [0.29, 0.717) is 34.5 Å². The lowest BCUT2D eigenvalue weighted by Crippen LogP contribution is -2.37. The van der Waals surface area contributed by atoms with Crippen molar-refractivity contribution >= 4 is 23.6 Å². The summed E-state index contributed by atoms with van der Waals surface area (Å²) in [5.74, 6) is 0.158. The van der Waals surface area contributed by atoms with E-state index in [2.05, 4.69) is 21.3 Å². The predicted octanol–water partition coefficient (Wildman–Crippen LogP) is 1.83. The van der Waals surface area contributed by atoms with Gasteiger partial charge < -0.3 is 49.7 Å². The van der Waals surface area contributed by atoms with E-state index >= 15 is 0 Å². The predicted molar refractivity (Wildman–Crippen MR) is 167 cm³/mol. The van der Waals surface area contributed by atoms with Crippen LogP contribution in [0, 0.1) is 0 Å². The van der Waals surface area contributed by atoms with Gasteiger partial charge in [0.15, 0.2) is 23.0 Å². The van der Waals surface area contributed by atoms with E-state index < -0.39 is 23.6 Å². The van der Waals surface area contributed by atoms with Crippen LogP contribution in [0.15, 0.2) is 48.5 Å². The topological polar surface area (TPSA) is 172 Å². The molecule has 0 aliphatic heterocycles. The van der Waals surface area contributed by atoms with Gasteiger partial charge in [-0.3, -0.25) is 19.2 Å². The summed E-state index contributed by atoms with van der Waals surface area (Å²) >= 11 is 0. The van der Waals surface area contributed by atoms with E-state index in [4.69, 9.17) is 28.4 Å². The molecule has 0 spiro atoms. The number of methoxy groups -OCH3 is 6. The SMILES string of the molecule is COc1cc(C(=O)NCC(=O)NCc2cccc(CNC(=O)CNC(=O)c3cc(OC)c(OC)c(OC)c3)c2)cc(OC)c1OC. The molecule has 0 saturated carbocycles. The zero-order valence-electron chi connectivity index (χ0n) is 26.5. The Morgan fingerprint density at radius 2 is 0.848 bits per heavy atom. The highest BCUT2D eigenvalue weighted by Crippen LogP contribution is 2.39. The molecule has 3 rings (SSSR count). The van der Waals surface area contributed by atoms with Crippen molar-refractivity contribution < 1.29 is 47.6 Å². The van der Waals surface area contributed by atoms with Gasteiger partial charge in [-0.2, -0.15) is 0 Å². The summed E-state index contributed by atoms with van der Waals surface area (Å²) in [5, 5.41) is 10.6. The minimum atomic E-state index is -0.494. The summed E-state index contributed by atoms with van der Waals surface area (Å²) < 4.78 is 31.6. The maximum Gasteiger partial charge on any atom is 0.251 e. The van der Waals surface area contributed by atoms with E-state index in [0.717, 1.165) is 11.1 Å². The lowest BCUT2D eigenvalue weighted by molar-refractivity contribution is -0.121. The highest BCUT2D eigenvalue weighted by molar-refractivity contribution is 5.98. The third kappa shape index (κ3) is 9.17. The molecule has 0 aliphatic carbocycles. The minimum Gasteiger partial charge on any atom is -0.493 e. The molecule has 0 unspecified atom stereocenters. The second-order valence-corrected chi connectivity index (χ2v) is 9.57. The first-order valence-corrected chi connectivity index (χ1v) is 13.9. The van der Waals surface area contributed by atoms with Crippen molar-refractivity contribution in [2.45, 2.75) is 13.1 Å². The van der Waals surface area contributed by atoms with Crippen molar-refractivity contribution in [3.05, 3.63) is 70.8 Å². The summed E-state index contributed by atoms with van der Waals surface area (Å²) in [4.78, 5) is 50.1. The van der Waals surface area contributed by atoms with Crippen LogP contribution in [-0.4, -0.2) is 79.4 Å². The quantitative estimate of drug-likeness (QED) is 0.181. The molecule has 0 fully saturated rings. The standard InChI is InChI=1S/C32H38N4O10/c1-41-23-11-21(12-24(42-2)29(23)45-5)31(39)35-17-27(37)33-15-19-8-7-9-20(10-19)16-34-28(38)18-36-32(40)22-13-25(43-3)30(46-6)26(14-22)44-4/h7-14H,15-18H2,1-6H3,(H,33,37)(H,34,38)(H,35,39)(H,36,40). The Balaban J connectivity index is 1.46.